The Bertz CT molecular complexity index is 2150. The Hall–Kier alpha value is -5.14. The zero-order valence-corrected chi connectivity index (χ0v) is 32.6. The van der Waals surface area contributed by atoms with Gasteiger partial charge >= 0.3 is 6.03 Å². The number of amides is 4. The van der Waals surface area contributed by atoms with Crippen LogP contribution in [0.25, 0.3) is 0 Å². The Morgan fingerprint density at radius 1 is 1.09 bits per heavy atom. The van der Waals surface area contributed by atoms with Gasteiger partial charge in [0.05, 0.1) is 24.1 Å². The minimum Gasteiger partial charge on any atom is -0.494 e. The summed E-state index contributed by atoms with van der Waals surface area (Å²) in [5, 5.41) is 27.1. The average Bonchev–Trinajstić information content (AvgIpc) is 3.67. The minimum atomic E-state index is -3.71. The fourth-order valence-corrected chi connectivity index (χ4v) is 8.61. The predicted molar refractivity (Wildman–Crippen MR) is 208 cm³/mol. The minimum absolute atomic E-state index is 0.140. The van der Waals surface area contributed by atoms with E-state index in [1.54, 1.807) is 50.1 Å². The topological polar surface area (TPSA) is 216 Å². The van der Waals surface area contributed by atoms with E-state index < -0.39 is 33.7 Å². The summed E-state index contributed by atoms with van der Waals surface area (Å²) in [4.78, 5) is 48.1. The van der Waals surface area contributed by atoms with Crippen molar-refractivity contribution in [2.24, 2.45) is 0 Å². The molecule has 2 aliphatic heterocycles. The number of thiophene rings is 1. The van der Waals surface area contributed by atoms with E-state index in [9.17, 15) is 27.9 Å². The second-order valence-electron chi connectivity index (χ2n) is 14.3. The average molecular weight is 792 g/mol. The van der Waals surface area contributed by atoms with Gasteiger partial charge in [0, 0.05) is 58.6 Å². The van der Waals surface area contributed by atoms with Crippen LogP contribution in [0.3, 0.4) is 0 Å². The van der Waals surface area contributed by atoms with Gasteiger partial charge < -0.3 is 31.1 Å². The molecule has 2 aliphatic rings. The van der Waals surface area contributed by atoms with Crippen molar-refractivity contribution in [2.75, 3.05) is 23.8 Å². The molecule has 0 spiro atoms. The second kappa shape index (κ2) is 16.7. The Kier molecular flexibility index (Phi) is 12.0. The van der Waals surface area contributed by atoms with E-state index in [1.165, 1.54) is 17.4 Å². The Labute approximate surface area is 323 Å². The highest BCUT2D eigenvalue weighted by atomic mass is 32.2. The van der Waals surface area contributed by atoms with Crippen LogP contribution in [0.4, 0.5) is 27.9 Å². The number of aromatic nitrogens is 2. The van der Waals surface area contributed by atoms with Crippen LogP contribution in [0, 0.1) is 6.92 Å². The van der Waals surface area contributed by atoms with Gasteiger partial charge in [-0.2, -0.15) is 4.98 Å². The number of aryl methyl sites for hydroxylation is 1. The molecule has 16 nitrogen and oxygen atoms in total. The van der Waals surface area contributed by atoms with Crippen molar-refractivity contribution in [3.8, 4) is 5.75 Å². The second-order valence-corrected chi connectivity index (χ2v) is 16.9. The van der Waals surface area contributed by atoms with Crippen molar-refractivity contribution >= 4 is 62.3 Å². The molecule has 4 aromatic rings. The van der Waals surface area contributed by atoms with Crippen molar-refractivity contribution in [1.82, 2.24) is 35.5 Å². The molecule has 4 heterocycles. The zero-order chi connectivity index (χ0) is 39.3. The normalized spacial score (nSPS) is 17.3. The lowest BCUT2D eigenvalue weighted by Gasteiger charge is -2.31. The first-order valence-corrected chi connectivity index (χ1v) is 20.1. The van der Waals surface area contributed by atoms with E-state index >= 15 is 0 Å². The number of piperidine rings is 1. The highest BCUT2D eigenvalue weighted by Gasteiger charge is 2.41. The molecule has 1 fully saturated rings. The van der Waals surface area contributed by atoms with Gasteiger partial charge in [0.1, 0.15) is 17.8 Å². The number of hydrogen-bond acceptors (Lipinski definition) is 13. The molecule has 55 heavy (non-hydrogen) atoms. The number of benzene rings is 2. The summed E-state index contributed by atoms with van der Waals surface area (Å²) < 4.78 is 34.2. The van der Waals surface area contributed by atoms with Gasteiger partial charge in [-0.15, -0.1) is 11.3 Å². The molecular weight excluding hydrogens is 747 g/mol. The monoisotopic (exact) mass is 791 g/mol. The largest absolute Gasteiger partial charge is 0.494 e. The first kappa shape index (κ1) is 39.6. The molecule has 4 amide bonds. The molecule has 1 saturated heterocycles. The highest BCUT2D eigenvalue weighted by Crippen LogP contribution is 2.40. The van der Waals surface area contributed by atoms with Crippen molar-refractivity contribution in [3.63, 3.8) is 0 Å². The van der Waals surface area contributed by atoms with Gasteiger partial charge in [-0.1, -0.05) is 6.07 Å². The maximum absolute atomic E-state index is 12.8. The van der Waals surface area contributed by atoms with Gasteiger partial charge in [-0.05, 0) is 93.9 Å². The van der Waals surface area contributed by atoms with Gasteiger partial charge in [-0.25, -0.2) is 22.9 Å². The van der Waals surface area contributed by atoms with Crippen molar-refractivity contribution in [3.05, 3.63) is 81.7 Å². The molecule has 2 atom stereocenters. The van der Waals surface area contributed by atoms with Gasteiger partial charge in [0.15, 0.2) is 0 Å². The number of anilines is 4. The summed E-state index contributed by atoms with van der Waals surface area (Å²) in [5.41, 5.74) is 3.07. The summed E-state index contributed by atoms with van der Waals surface area (Å²) >= 11 is 1.45. The molecule has 0 saturated carbocycles. The maximum Gasteiger partial charge on any atom is 0.315 e. The molecule has 0 aliphatic carbocycles. The number of aliphatic hydroxyl groups is 1. The van der Waals surface area contributed by atoms with Crippen LogP contribution in [0.15, 0.2) is 65.0 Å². The zero-order valence-electron chi connectivity index (χ0n) is 30.9. The molecule has 0 bridgehead atoms. The number of carbonyl (C=O) groups is 3. The lowest BCUT2D eigenvalue weighted by atomic mass is 10.0. The first-order chi connectivity index (χ1) is 26.1. The first-order valence-electron chi connectivity index (χ1n) is 17.8. The number of hydrogen-bond donors (Lipinski definition) is 7. The molecule has 2 unspecified atom stereocenters. The molecule has 0 radical (unpaired) electrons. The third kappa shape index (κ3) is 10.1. The van der Waals surface area contributed by atoms with E-state index in [0.29, 0.717) is 55.7 Å². The van der Waals surface area contributed by atoms with Gasteiger partial charge in [0.25, 0.3) is 0 Å². The fourth-order valence-electron chi connectivity index (χ4n) is 6.13. The van der Waals surface area contributed by atoms with Crippen LogP contribution in [0.1, 0.15) is 67.8 Å². The number of rotatable bonds is 14. The Morgan fingerprint density at radius 2 is 1.87 bits per heavy atom. The number of imide groups is 1. The third-order valence-electron chi connectivity index (χ3n) is 8.77. The van der Waals surface area contributed by atoms with Crippen molar-refractivity contribution in [2.45, 2.75) is 82.8 Å². The molecular formula is C37H45N9O7S2. The third-order valence-corrected chi connectivity index (χ3v) is 11.6. The number of carbonyl (C=O) groups excluding carboxylic acids is 3. The summed E-state index contributed by atoms with van der Waals surface area (Å²) in [6.45, 7) is 8.62. The van der Waals surface area contributed by atoms with Gasteiger partial charge in [0.2, 0.25) is 27.8 Å². The van der Waals surface area contributed by atoms with Crippen LogP contribution in [-0.4, -0.2) is 71.0 Å². The number of ether oxygens (including phenoxy) is 1. The van der Waals surface area contributed by atoms with E-state index in [4.69, 9.17) is 4.74 Å². The van der Waals surface area contributed by atoms with Crippen LogP contribution in [0.2, 0.25) is 0 Å². The molecule has 2 aromatic carbocycles. The summed E-state index contributed by atoms with van der Waals surface area (Å²) in [6.07, 6.45) is 1.89. The van der Waals surface area contributed by atoms with E-state index in [-0.39, 0.29) is 29.8 Å². The van der Waals surface area contributed by atoms with Crippen molar-refractivity contribution < 1.29 is 32.6 Å². The molecule has 7 N–H and O–H groups in total. The number of urea groups is 1. The summed E-state index contributed by atoms with van der Waals surface area (Å²) in [5.74, 6) is 0.817. The smallest absolute Gasteiger partial charge is 0.315 e. The quantitative estimate of drug-likeness (QED) is 0.0704. The maximum atomic E-state index is 12.8. The van der Waals surface area contributed by atoms with E-state index in [0.717, 1.165) is 27.3 Å². The van der Waals surface area contributed by atoms with Crippen LogP contribution >= 0.6 is 11.3 Å². The van der Waals surface area contributed by atoms with Crippen LogP contribution < -0.4 is 36.0 Å². The highest BCUT2D eigenvalue weighted by molar-refractivity contribution is 7.89. The Balaban J connectivity index is 0.918. The van der Waals surface area contributed by atoms with E-state index in [2.05, 4.69) is 41.3 Å². The SMILES string of the molecule is Cc1cnc(Nc2ccc(OCCCNC(=O)NCc3scc4c3CN(C3CCC(=O)NC3=O)C4O)cc2)nc1Nc1cccc(S(=O)(=O)NC(C)(C)C)c1. The van der Waals surface area contributed by atoms with Crippen LogP contribution in [0.5, 0.6) is 5.75 Å². The predicted octanol–water partition coefficient (Wildman–Crippen LogP) is 4.29. The van der Waals surface area contributed by atoms with Crippen molar-refractivity contribution in [1.29, 1.82) is 0 Å². The number of aliphatic hydroxyl groups excluding tert-OH is 1. The summed E-state index contributed by atoms with van der Waals surface area (Å²) in [7, 11) is -3.71. The summed E-state index contributed by atoms with van der Waals surface area (Å²) in [6, 6.07) is 12.9. The molecule has 18 heteroatoms. The number of sulfonamides is 1. The van der Waals surface area contributed by atoms with Gasteiger partial charge in [-0.3, -0.25) is 19.8 Å². The van der Waals surface area contributed by atoms with E-state index in [1.807, 2.05) is 36.6 Å². The number of nitrogens with zero attached hydrogens (tertiary/aromatic N) is 3. The fraction of sp³-hybridized carbons (Fsp3) is 0.378. The lowest BCUT2D eigenvalue weighted by molar-refractivity contribution is -0.141. The Morgan fingerprint density at radius 3 is 2.62 bits per heavy atom. The molecule has 2 aromatic heterocycles. The lowest BCUT2D eigenvalue weighted by Crippen LogP contribution is -2.51. The molecule has 292 valence electrons. The number of fused-ring (bicyclic) bond motifs is 1. The standard InChI is InChI=1S/C37H45N9O7S2/c1-22-18-39-35(44-32(22)41-24-7-5-8-26(17-24)55(51,52)45-37(2,3)4)42-23-9-11-25(12-10-23)53-16-6-15-38-36(50)40-19-30-27-20-46(34(49)28(27)21-54-30)29-13-14-31(47)43-33(29)48/h5,7-12,17-18,21,29,34,45,49H,6,13-16,19-20H2,1-4H3,(H2,38,40,50)(H,43,47,48)(H2,39,41,42,44). The molecule has 6 rings (SSSR count). The van der Waals surface area contributed by atoms with Crippen LogP contribution in [-0.2, 0) is 32.7 Å². The number of nitrogens with one attached hydrogen (secondary N) is 6.